The van der Waals surface area contributed by atoms with Crippen molar-refractivity contribution in [1.82, 2.24) is 19.8 Å². The van der Waals surface area contributed by atoms with E-state index in [0.29, 0.717) is 0 Å². The number of aromatic nitrogens is 2. The van der Waals surface area contributed by atoms with Gasteiger partial charge in [0.05, 0.1) is 23.1 Å². The molecule has 1 N–H and O–H groups in total. The third-order valence-corrected chi connectivity index (χ3v) is 5.52. The second-order valence-electron chi connectivity index (χ2n) is 6.25. The Morgan fingerprint density at radius 3 is 2.52 bits per heavy atom. The number of para-hydroxylation sites is 2. The van der Waals surface area contributed by atoms with Gasteiger partial charge in [-0.1, -0.05) is 24.3 Å². The van der Waals surface area contributed by atoms with E-state index in [9.17, 15) is 4.79 Å². The largest absolute Gasteiger partial charge is 0.341 e. The zero-order valence-corrected chi connectivity index (χ0v) is 15.9. The molecular weight excluding hydrogens is 427 g/mol. The second-order valence-corrected chi connectivity index (χ2v) is 7.41. The number of nitrogens with zero attached hydrogens (tertiary/aromatic N) is 3. The van der Waals surface area contributed by atoms with Crippen molar-refractivity contribution < 1.29 is 4.79 Å². The molecule has 0 spiro atoms. The summed E-state index contributed by atoms with van der Waals surface area (Å²) in [4.78, 5) is 25.0. The zero-order valence-electron chi connectivity index (χ0n) is 13.8. The van der Waals surface area contributed by atoms with Gasteiger partial charge in [-0.15, -0.1) is 0 Å². The zero-order chi connectivity index (χ0) is 17.2. The van der Waals surface area contributed by atoms with E-state index in [1.54, 1.807) is 0 Å². The summed E-state index contributed by atoms with van der Waals surface area (Å²) in [6, 6.07) is 15.9. The molecule has 1 saturated heterocycles. The van der Waals surface area contributed by atoms with Crippen molar-refractivity contribution in [3.63, 3.8) is 0 Å². The molecule has 1 aliphatic rings. The Labute approximate surface area is 160 Å². The van der Waals surface area contributed by atoms with Gasteiger partial charge in [0, 0.05) is 29.7 Å². The fourth-order valence-electron chi connectivity index (χ4n) is 3.21. The number of hydrogen-bond donors (Lipinski definition) is 1. The maximum absolute atomic E-state index is 12.7. The van der Waals surface area contributed by atoms with E-state index in [2.05, 4.69) is 37.5 Å². The Balaban J connectivity index is 1.38. The van der Waals surface area contributed by atoms with E-state index in [1.165, 1.54) is 0 Å². The number of hydrogen-bond acceptors (Lipinski definition) is 3. The van der Waals surface area contributed by atoms with Gasteiger partial charge in [0.25, 0.3) is 5.91 Å². The average Bonchev–Trinajstić information content (AvgIpc) is 3.04. The smallest absolute Gasteiger partial charge is 0.255 e. The summed E-state index contributed by atoms with van der Waals surface area (Å²) in [5.41, 5.74) is 2.88. The van der Waals surface area contributed by atoms with Crippen molar-refractivity contribution in [2.24, 2.45) is 0 Å². The maximum Gasteiger partial charge on any atom is 0.255 e. The van der Waals surface area contributed by atoms with Gasteiger partial charge >= 0.3 is 0 Å². The van der Waals surface area contributed by atoms with Crippen LogP contribution in [0, 0.1) is 3.57 Å². The first-order valence-electron chi connectivity index (χ1n) is 8.40. The molecule has 1 aliphatic heterocycles. The minimum atomic E-state index is 0.133. The number of imidazole rings is 1. The number of halogens is 1. The lowest BCUT2D eigenvalue weighted by atomic mass is 10.2. The van der Waals surface area contributed by atoms with Gasteiger partial charge in [-0.05, 0) is 46.9 Å². The van der Waals surface area contributed by atoms with Crippen molar-refractivity contribution >= 4 is 39.5 Å². The number of nitrogens with one attached hydrogen (secondary N) is 1. The first-order chi connectivity index (χ1) is 12.2. The number of H-pyrrole nitrogens is 1. The molecule has 1 fully saturated rings. The van der Waals surface area contributed by atoms with Crippen LogP contribution >= 0.6 is 22.6 Å². The molecule has 1 amide bonds. The number of amides is 1. The molecule has 6 heteroatoms. The molecule has 5 nitrogen and oxygen atoms in total. The number of aromatic amines is 1. The van der Waals surface area contributed by atoms with E-state index in [1.807, 2.05) is 53.4 Å². The highest BCUT2D eigenvalue weighted by Gasteiger charge is 2.23. The number of piperazine rings is 1. The minimum Gasteiger partial charge on any atom is -0.341 e. The molecule has 0 atom stereocenters. The average molecular weight is 446 g/mol. The van der Waals surface area contributed by atoms with Crippen LogP contribution in [-0.4, -0.2) is 51.9 Å². The fraction of sp³-hybridized carbons (Fsp3) is 0.263. The summed E-state index contributed by atoms with van der Waals surface area (Å²) >= 11 is 2.23. The Bertz CT molecular complexity index is 866. The molecule has 0 aliphatic carbocycles. The Morgan fingerprint density at radius 1 is 1.04 bits per heavy atom. The normalized spacial score (nSPS) is 15.6. The molecular formula is C19H19IN4O. The van der Waals surface area contributed by atoms with E-state index in [4.69, 9.17) is 0 Å². The summed E-state index contributed by atoms with van der Waals surface area (Å²) in [5.74, 6) is 1.12. The van der Waals surface area contributed by atoms with Crippen molar-refractivity contribution in [1.29, 1.82) is 0 Å². The molecule has 25 heavy (non-hydrogen) atoms. The monoisotopic (exact) mass is 446 g/mol. The van der Waals surface area contributed by atoms with Gasteiger partial charge in [0.1, 0.15) is 5.82 Å². The van der Waals surface area contributed by atoms with Gasteiger partial charge in [0.2, 0.25) is 0 Å². The van der Waals surface area contributed by atoms with Crippen LogP contribution in [0.2, 0.25) is 0 Å². The van der Waals surface area contributed by atoms with E-state index < -0.39 is 0 Å². The summed E-state index contributed by atoms with van der Waals surface area (Å²) < 4.78 is 1.01. The first-order valence-corrected chi connectivity index (χ1v) is 9.48. The van der Waals surface area contributed by atoms with Crippen molar-refractivity contribution in [3.05, 3.63) is 63.5 Å². The highest BCUT2D eigenvalue weighted by molar-refractivity contribution is 14.1. The first kappa shape index (κ1) is 16.5. The van der Waals surface area contributed by atoms with Crippen LogP contribution in [0.15, 0.2) is 48.5 Å². The van der Waals surface area contributed by atoms with Crippen LogP contribution in [0.25, 0.3) is 11.0 Å². The highest BCUT2D eigenvalue weighted by Crippen LogP contribution is 2.17. The van der Waals surface area contributed by atoms with Crippen molar-refractivity contribution in [2.75, 3.05) is 26.2 Å². The Hall–Kier alpha value is -1.93. The second kappa shape index (κ2) is 7.13. The van der Waals surface area contributed by atoms with Crippen LogP contribution in [0.1, 0.15) is 16.2 Å². The lowest BCUT2D eigenvalue weighted by Gasteiger charge is -2.34. The molecule has 0 radical (unpaired) electrons. The van der Waals surface area contributed by atoms with Gasteiger partial charge in [-0.2, -0.15) is 0 Å². The highest BCUT2D eigenvalue weighted by atomic mass is 127. The van der Waals surface area contributed by atoms with E-state index in [0.717, 1.165) is 58.7 Å². The molecule has 128 valence electrons. The number of rotatable bonds is 3. The topological polar surface area (TPSA) is 52.2 Å². The molecule has 2 aromatic carbocycles. The lowest BCUT2D eigenvalue weighted by Crippen LogP contribution is -2.48. The summed E-state index contributed by atoms with van der Waals surface area (Å²) in [5, 5.41) is 0. The van der Waals surface area contributed by atoms with Crippen LogP contribution in [0.4, 0.5) is 0 Å². The molecule has 0 bridgehead atoms. The van der Waals surface area contributed by atoms with Crippen LogP contribution in [0.3, 0.4) is 0 Å². The minimum absolute atomic E-state index is 0.133. The van der Waals surface area contributed by atoms with E-state index >= 15 is 0 Å². The number of fused-ring (bicyclic) bond motifs is 1. The van der Waals surface area contributed by atoms with Crippen LogP contribution < -0.4 is 0 Å². The third kappa shape index (κ3) is 3.55. The summed E-state index contributed by atoms with van der Waals surface area (Å²) in [6.07, 6.45) is 0. The summed E-state index contributed by atoms with van der Waals surface area (Å²) in [6.45, 7) is 4.03. The lowest BCUT2D eigenvalue weighted by molar-refractivity contribution is 0.0625. The number of carbonyl (C=O) groups excluding carboxylic acids is 1. The van der Waals surface area contributed by atoms with Gasteiger partial charge < -0.3 is 9.88 Å². The number of benzene rings is 2. The molecule has 4 rings (SSSR count). The number of carbonyl (C=O) groups is 1. The van der Waals surface area contributed by atoms with Gasteiger partial charge in [-0.25, -0.2) is 4.98 Å². The van der Waals surface area contributed by atoms with Gasteiger partial charge in [0.15, 0.2) is 0 Å². The molecule has 2 heterocycles. The van der Waals surface area contributed by atoms with Gasteiger partial charge in [-0.3, -0.25) is 9.69 Å². The van der Waals surface area contributed by atoms with Crippen LogP contribution in [0.5, 0.6) is 0 Å². The predicted molar refractivity (Wildman–Crippen MR) is 106 cm³/mol. The Kier molecular flexibility index (Phi) is 4.72. The summed E-state index contributed by atoms with van der Waals surface area (Å²) in [7, 11) is 0. The fourth-order valence-corrected chi connectivity index (χ4v) is 3.82. The Morgan fingerprint density at radius 2 is 1.76 bits per heavy atom. The molecule has 0 saturated carbocycles. The molecule has 3 aromatic rings. The van der Waals surface area contributed by atoms with Crippen molar-refractivity contribution in [2.45, 2.75) is 6.54 Å². The standard InChI is InChI=1S/C19H19IN4O/c20-15-6-2-1-5-14(15)19(25)24-11-9-23(10-12-24)13-18-21-16-7-3-4-8-17(16)22-18/h1-8H,9-13H2,(H,21,22). The molecule has 1 aromatic heterocycles. The maximum atomic E-state index is 12.7. The van der Waals surface area contributed by atoms with E-state index in [-0.39, 0.29) is 5.91 Å². The third-order valence-electron chi connectivity index (χ3n) is 4.58. The van der Waals surface area contributed by atoms with Crippen molar-refractivity contribution in [3.8, 4) is 0 Å². The quantitative estimate of drug-likeness (QED) is 0.630. The SMILES string of the molecule is O=C(c1ccccc1I)N1CCN(Cc2nc3ccccc3[nH]2)CC1. The van der Waals surface area contributed by atoms with Crippen LogP contribution in [-0.2, 0) is 6.54 Å². The molecule has 0 unspecified atom stereocenters. The predicted octanol–water partition coefficient (Wildman–Crippen LogP) is 3.13.